The summed E-state index contributed by atoms with van der Waals surface area (Å²) in [5, 5.41) is 4.39. The topological polar surface area (TPSA) is 27.8 Å². The van der Waals surface area contributed by atoms with Gasteiger partial charge in [0.1, 0.15) is 5.82 Å². The van der Waals surface area contributed by atoms with E-state index in [1.165, 1.54) is 12.1 Å². The van der Waals surface area contributed by atoms with Crippen molar-refractivity contribution in [1.82, 2.24) is 4.98 Å². The minimum absolute atomic E-state index is 0.239. The van der Waals surface area contributed by atoms with Crippen molar-refractivity contribution in [1.29, 1.82) is 0 Å². The van der Waals surface area contributed by atoms with E-state index in [-0.39, 0.29) is 5.82 Å². The predicted molar refractivity (Wildman–Crippen MR) is 92.8 cm³/mol. The van der Waals surface area contributed by atoms with Gasteiger partial charge < -0.3 is 10.3 Å². The highest BCUT2D eigenvalue weighted by Crippen LogP contribution is 2.28. The van der Waals surface area contributed by atoms with Crippen LogP contribution in [0.3, 0.4) is 0 Å². The molecule has 0 saturated heterocycles. The zero-order chi connectivity index (χ0) is 15.5. The summed E-state index contributed by atoms with van der Waals surface area (Å²) < 4.78 is 13.0. The first kappa shape index (κ1) is 14.1. The summed E-state index contributed by atoms with van der Waals surface area (Å²) in [6, 6.07) is 12.4. The van der Waals surface area contributed by atoms with Gasteiger partial charge in [0.15, 0.2) is 0 Å². The van der Waals surface area contributed by atoms with Gasteiger partial charge in [-0.3, -0.25) is 0 Å². The van der Waals surface area contributed by atoms with Crippen molar-refractivity contribution in [3.63, 3.8) is 0 Å². The molecule has 0 fully saturated rings. The average Bonchev–Trinajstić information content (AvgIpc) is 2.86. The number of aromatic amines is 1. The standard InChI is InChI=1S/C19H17FN2/c1-3-5-18-16(4-2)17-12-15(10-11-19(17)22-18)21-14-8-6-13(20)7-9-14/h3-12,21-22H,2H2,1H3/b5-3-. The number of rotatable bonds is 4. The van der Waals surface area contributed by atoms with Crippen LogP contribution in [0.4, 0.5) is 15.8 Å². The van der Waals surface area contributed by atoms with Gasteiger partial charge in [-0.25, -0.2) is 4.39 Å². The first-order chi connectivity index (χ1) is 10.7. The van der Waals surface area contributed by atoms with Crippen LogP contribution >= 0.6 is 0 Å². The largest absolute Gasteiger partial charge is 0.356 e. The lowest BCUT2D eigenvalue weighted by Crippen LogP contribution is -1.90. The van der Waals surface area contributed by atoms with Gasteiger partial charge in [0.25, 0.3) is 0 Å². The molecule has 0 saturated carbocycles. The van der Waals surface area contributed by atoms with Crippen LogP contribution in [0.1, 0.15) is 18.2 Å². The molecule has 0 spiro atoms. The number of hydrogen-bond acceptors (Lipinski definition) is 1. The number of nitrogens with one attached hydrogen (secondary N) is 2. The fraction of sp³-hybridized carbons (Fsp3) is 0.0526. The van der Waals surface area contributed by atoms with Crippen molar-refractivity contribution in [2.75, 3.05) is 5.32 Å². The monoisotopic (exact) mass is 292 g/mol. The summed E-state index contributed by atoms with van der Waals surface area (Å²) in [6.45, 7) is 5.89. The number of allylic oxidation sites excluding steroid dienone is 1. The molecule has 0 aliphatic heterocycles. The maximum absolute atomic E-state index is 13.0. The summed E-state index contributed by atoms with van der Waals surface area (Å²) in [4.78, 5) is 3.38. The summed E-state index contributed by atoms with van der Waals surface area (Å²) in [5.74, 6) is -0.239. The highest BCUT2D eigenvalue weighted by molar-refractivity contribution is 5.95. The van der Waals surface area contributed by atoms with E-state index in [0.717, 1.165) is 33.5 Å². The number of aromatic nitrogens is 1. The van der Waals surface area contributed by atoms with Gasteiger partial charge in [0, 0.05) is 33.5 Å². The van der Waals surface area contributed by atoms with E-state index in [2.05, 4.69) is 22.9 Å². The number of benzene rings is 2. The van der Waals surface area contributed by atoms with Gasteiger partial charge in [-0.15, -0.1) is 0 Å². The molecule has 0 radical (unpaired) electrons. The average molecular weight is 292 g/mol. The zero-order valence-electron chi connectivity index (χ0n) is 12.4. The minimum Gasteiger partial charge on any atom is -0.356 e. The molecule has 110 valence electrons. The highest BCUT2D eigenvalue weighted by Gasteiger charge is 2.07. The van der Waals surface area contributed by atoms with Crippen LogP contribution in [0.25, 0.3) is 23.1 Å². The van der Waals surface area contributed by atoms with Crippen molar-refractivity contribution < 1.29 is 4.39 Å². The first-order valence-corrected chi connectivity index (χ1v) is 7.14. The molecular weight excluding hydrogens is 275 g/mol. The van der Waals surface area contributed by atoms with E-state index in [0.29, 0.717) is 0 Å². The first-order valence-electron chi connectivity index (χ1n) is 7.14. The molecule has 0 amide bonds. The normalized spacial score (nSPS) is 11.2. The highest BCUT2D eigenvalue weighted by atomic mass is 19.1. The quantitative estimate of drug-likeness (QED) is 0.631. The number of fused-ring (bicyclic) bond motifs is 1. The Morgan fingerprint density at radius 2 is 1.82 bits per heavy atom. The van der Waals surface area contributed by atoms with Crippen molar-refractivity contribution in [2.45, 2.75) is 6.92 Å². The van der Waals surface area contributed by atoms with Gasteiger partial charge >= 0.3 is 0 Å². The predicted octanol–water partition coefficient (Wildman–Crippen LogP) is 5.73. The summed E-state index contributed by atoms with van der Waals surface area (Å²) in [6.07, 6.45) is 5.88. The van der Waals surface area contributed by atoms with Gasteiger partial charge in [0.2, 0.25) is 0 Å². The van der Waals surface area contributed by atoms with Crippen molar-refractivity contribution in [2.24, 2.45) is 0 Å². The molecule has 1 heterocycles. The second kappa shape index (κ2) is 5.90. The van der Waals surface area contributed by atoms with E-state index < -0.39 is 0 Å². The third kappa shape index (κ3) is 2.66. The van der Waals surface area contributed by atoms with Gasteiger partial charge in [-0.1, -0.05) is 18.7 Å². The lowest BCUT2D eigenvalue weighted by molar-refractivity contribution is 0.628. The molecule has 2 N–H and O–H groups in total. The zero-order valence-corrected chi connectivity index (χ0v) is 12.4. The Balaban J connectivity index is 2.01. The summed E-state index contributed by atoms with van der Waals surface area (Å²) >= 11 is 0. The molecular formula is C19H17FN2. The Morgan fingerprint density at radius 1 is 1.09 bits per heavy atom. The van der Waals surface area contributed by atoms with Crippen molar-refractivity contribution >= 4 is 34.4 Å². The van der Waals surface area contributed by atoms with E-state index in [1.54, 1.807) is 12.1 Å². The van der Waals surface area contributed by atoms with Crippen LogP contribution in [0.2, 0.25) is 0 Å². The molecule has 3 aromatic rings. The molecule has 0 aliphatic carbocycles. The maximum Gasteiger partial charge on any atom is 0.123 e. The van der Waals surface area contributed by atoms with Crippen LogP contribution in [0, 0.1) is 5.82 Å². The molecule has 1 aromatic heterocycles. The molecule has 0 unspecified atom stereocenters. The molecule has 2 aromatic carbocycles. The molecule has 22 heavy (non-hydrogen) atoms. The van der Waals surface area contributed by atoms with Gasteiger partial charge in [-0.2, -0.15) is 0 Å². The molecule has 2 nitrogen and oxygen atoms in total. The van der Waals surface area contributed by atoms with Crippen LogP contribution in [0.15, 0.2) is 55.1 Å². The number of H-pyrrole nitrogens is 1. The fourth-order valence-corrected chi connectivity index (χ4v) is 2.53. The smallest absolute Gasteiger partial charge is 0.123 e. The lowest BCUT2D eigenvalue weighted by atomic mass is 10.1. The Labute approximate surface area is 129 Å². The molecule has 0 atom stereocenters. The Kier molecular flexibility index (Phi) is 3.79. The third-order valence-corrected chi connectivity index (χ3v) is 3.54. The van der Waals surface area contributed by atoms with Crippen molar-refractivity contribution in [3.05, 3.63) is 72.2 Å². The van der Waals surface area contributed by atoms with E-state index >= 15 is 0 Å². The van der Waals surface area contributed by atoms with Gasteiger partial charge in [-0.05, 0) is 55.5 Å². The Hall–Kier alpha value is -2.81. The second-order valence-electron chi connectivity index (χ2n) is 5.05. The molecule has 3 heteroatoms. The van der Waals surface area contributed by atoms with E-state index in [4.69, 9.17) is 0 Å². The SMILES string of the molecule is C=Cc1c(/C=C\C)[nH]c2ccc(Nc3ccc(F)cc3)cc12. The maximum atomic E-state index is 13.0. The fourth-order valence-electron chi connectivity index (χ4n) is 2.53. The number of hydrogen-bond donors (Lipinski definition) is 2. The van der Waals surface area contributed by atoms with Gasteiger partial charge in [0.05, 0.1) is 0 Å². The minimum atomic E-state index is -0.239. The number of anilines is 2. The third-order valence-electron chi connectivity index (χ3n) is 3.54. The van der Waals surface area contributed by atoms with Crippen LogP contribution in [-0.4, -0.2) is 4.98 Å². The Bertz CT molecular complexity index is 842. The molecule has 0 bridgehead atoms. The lowest BCUT2D eigenvalue weighted by Gasteiger charge is -2.06. The van der Waals surface area contributed by atoms with Crippen molar-refractivity contribution in [3.8, 4) is 0 Å². The summed E-state index contributed by atoms with van der Waals surface area (Å²) in [7, 11) is 0. The van der Waals surface area contributed by atoms with E-state index in [9.17, 15) is 4.39 Å². The molecule has 3 rings (SSSR count). The van der Waals surface area contributed by atoms with Crippen LogP contribution in [0.5, 0.6) is 0 Å². The van der Waals surface area contributed by atoms with E-state index in [1.807, 2.05) is 37.3 Å². The summed E-state index contributed by atoms with van der Waals surface area (Å²) in [5.41, 5.74) is 4.99. The van der Waals surface area contributed by atoms with Crippen LogP contribution in [-0.2, 0) is 0 Å². The van der Waals surface area contributed by atoms with Crippen LogP contribution < -0.4 is 5.32 Å². The number of halogens is 1. The molecule has 0 aliphatic rings. The second-order valence-corrected chi connectivity index (χ2v) is 5.05. The Morgan fingerprint density at radius 3 is 2.50 bits per heavy atom.